The highest BCUT2D eigenvalue weighted by atomic mass is 19.1. The minimum absolute atomic E-state index is 0.154. The molecule has 1 atom stereocenters. The van der Waals surface area contributed by atoms with E-state index in [0.717, 1.165) is 17.7 Å². The van der Waals surface area contributed by atoms with Gasteiger partial charge in [0.05, 0.1) is 0 Å². The standard InChI is InChI=1S/C23H29FN2O2/c1-6-17-7-9-19(10-8-17)25-23(28)16(5)12-18-11-15(4)21(13-20(18)24)26-22(27)14(2)3/h7-11,13-14,16H,6,12H2,1-5H3,(H,25,28)(H,26,27). The molecule has 2 aromatic carbocycles. The lowest BCUT2D eigenvalue weighted by atomic mass is 9.97. The SMILES string of the molecule is CCc1ccc(NC(=O)C(C)Cc2cc(C)c(NC(=O)C(C)C)cc2F)cc1. The molecule has 0 aliphatic heterocycles. The summed E-state index contributed by atoms with van der Waals surface area (Å²) in [6.07, 6.45) is 1.22. The van der Waals surface area contributed by atoms with E-state index in [2.05, 4.69) is 17.6 Å². The van der Waals surface area contributed by atoms with Crippen LogP contribution >= 0.6 is 0 Å². The molecule has 0 bridgehead atoms. The molecule has 2 N–H and O–H groups in total. The lowest BCUT2D eigenvalue weighted by Gasteiger charge is -2.16. The number of amides is 2. The van der Waals surface area contributed by atoms with Crippen LogP contribution in [-0.4, -0.2) is 11.8 Å². The van der Waals surface area contributed by atoms with Crippen molar-refractivity contribution in [3.8, 4) is 0 Å². The third kappa shape index (κ3) is 5.65. The van der Waals surface area contributed by atoms with E-state index in [9.17, 15) is 14.0 Å². The van der Waals surface area contributed by atoms with Crippen LogP contribution in [0.4, 0.5) is 15.8 Å². The quantitative estimate of drug-likeness (QED) is 0.697. The van der Waals surface area contributed by atoms with Gasteiger partial charge < -0.3 is 10.6 Å². The Labute approximate surface area is 166 Å². The second-order valence-corrected chi connectivity index (χ2v) is 7.55. The van der Waals surface area contributed by atoms with Crippen molar-refractivity contribution in [2.24, 2.45) is 11.8 Å². The summed E-state index contributed by atoms with van der Waals surface area (Å²) in [6, 6.07) is 10.7. The number of hydrogen-bond donors (Lipinski definition) is 2. The van der Waals surface area contributed by atoms with Gasteiger partial charge in [0.25, 0.3) is 0 Å². The minimum Gasteiger partial charge on any atom is -0.326 e. The van der Waals surface area contributed by atoms with Crippen LogP contribution < -0.4 is 10.6 Å². The van der Waals surface area contributed by atoms with E-state index in [1.54, 1.807) is 26.8 Å². The van der Waals surface area contributed by atoms with Gasteiger partial charge in [0, 0.05) is 23.2 Å². The molecule has 0 fully saturated rings. The Bertz CT molecular complexity index is 844. The molecule has 0 radical (unpaired) electrons. The van der Waals surface area contributed by atoms with E-state index in [4.69, 9.17) is 0 Å². The van der Waals surface area contributed by atoms with Crippen LogP contribution in [-0.2, 0) is 22.4 Å². The average molecular weight is 384 g/mol. The van der Waals surface area contributed by atoms with Gasteiger partial charge in [0.1, 0.15) is 5.82 Å². The smallest absolute Gasteiger partial charge is 0.227 e. The molecule has 5 heteroatoms. The normalized spacial score (nSPS) is 12.0. The number of halogens is 1. The summed E-state index contributed by atoms with van der Waals surface area (Å²) in [5, 5.41) is 5.62. The highest BCUT2D eigenvalue weighted by molar-refractivity contribution is 5.93. The van der Waals surface area contributed by atoms with Gasteiger partial charge in [-0.25, -0.2) is 4.39 Å². The predicted molar refractivity (Wildman–Crippen MR) is 112 cm³/mol. The van der Waals surface area contributed by atoms with Gasteiger partial charge in [-0.05, 0) is 54.7 Å². The first-order valence-electron chi connectivity index (χ1n) is 9.71. The molecule has 4 nitrogen and oxygen atoms in total. The van der Waals surface area contributed by atoms with Crippen LogP contribution in [0.5, 0.6) is 0 Å². The molecule has 0 aliphatic carbocycles. The zero-order valence-electron chi connectivity index (χ0n) is 17.2. The number of aryl methyl sites for hydroxylation is 2. The molecular formula is C23H29FN2O2. The molecule has 0 heterocycles. The van der Waals surface area contributed by atoms with E-state index < -0.39 is 11.7 Å². The van der Waals surface area contributed by atoms with Crippen LogP contribution in [0.1, 0.15) is 44.4 Å². The molecule has 2 rings (SSSR count). The molecular weight excluding hydrogens is 355 g/mol. The largest absolute Gasteiger partial charge is 0.326 e. The summed E-state index contributed by atoms with van der Waals surface area (Å²) >= 11 is 0. The maximum absolute atomic E-state index is 14.5. The van der Waals surface area contributed by atoms with Gasteiger partial charge >= 0.3 is 0 Å². The summed E-state index contributed by atoms with van der Waals surface area (Å²) in [4.78, 5) is 24.3. The van der Waals surface area contributed by atoms with Gasteiger partial charge in [0.2, 0.25) is 11.8 Å². The predicted octanol–water partition coefficient (Wildman–Crippen LogP) is 5.11. The van der Waals surface area contributed by atoms with Gasteiger partial charge in [-0.3, -0.25) is 9.59 Å². The fourth-order valence-corrected chi connectivity index (χ4v) is 2.82. The Kier molecular flexibility index (Phi) is 7.32. The van der Waals surface area contributed by atoms with E-state index in [1.807, 2.05) is 31.2 Å². The van der Waals surface area contributed by atoms with Gasteiger partial charge in [0.15, 0.2) is 0 Å². The number of benzene rings is 2. The second-order valence-electron chi connectivity index (χ2n) is 7.55. The molecule has 28 heavy (non-hydrogen) atoms. The van der Waals surface area contributed by atoms with Crippen molar-refractivity contribution in [3.63, 3.8) is 0 Å². The number of carbonyl (C=O) groups excluding carboxylic acids is 2. The van der Waals surface area contributed by atoms with Crippen molar-refractivity contribution >= 4 is 23.2 Å². The number of nitrogens with one attached hydrogen (secondary N) is 2. The van der Waals surface area contributed by atoms with E-state index in [0.29, 0.717) is 11.3 Å². The van der Waals surface area contributed by atoms with Crippen molar-refractivity contribution in [3.05, 3.63) is 58.9 Å². The van der Waals surface area contributed by atoms with Gasteiger partial charge in [-0.15, -0.1) is 0 Å². The summed E-state index contributed by atoms with van der Waals surface area (Å²) in [6.45, 7) is 9.24. The summed E-state index contributed by atoms with van der Waals surface area (Å²) in [5.41, 5.74) is 3.64. The maximum atomic E-state index is 14.5. The Morgan fingerprint density at radius 1 is 1.00 bits per heavy atom. The van der Waals surface area contributed by atoms with Crippen molar-refractivity contribution in [1.29, 1.82) is 0 Å². The fourth-order valence-electron chi connectivity index (χ4n) is 2.82. The summed E-state index contributed by atoms with van der Waals surface area (Å²) in [5.74, 6) is -1.31. The highest BCUT2D eigenvalue weighted by Gasteiger charge is 2.18. The molecule has 0 saturated heterocycles. The maximum Gasteiger partial charge on any atom is 0.227 e. The number of carbonyl (C=O) groups is 2. The molecule has 150 valence electrons. The summed E-state index contributed by atoms with van der Waals surface area (Å²) < 4.78 is 14.5. The van der Waals surface area contributed by atoms with Crippen LogP contribution in [0, 0.1) is 24.6 Å². The first kappa shape index (κ1) is 21.6. The van der Waals surface area contributed by atoms with E-state index >= 15 is 0 Å². The molecule has 0 aliphatic rings. The van der Waals surface area contributed by atoms with Gasteiger partial charge in [-0.2, -0.15) is 0 Å². The Morgan fingerprint density at radius 3 is 2.21 bits per heavy atom. The van der Waals surface area contributed by atoms with Crippen molar-refractivity contribution in [2.45, 2.75) is 47.5 Å². The first-order valence-corrected chi connectivity index (χ1v) is 9.71. The van der Waals surface area contributed by atoms with Crippen molar-refractivity contribution in [1.82, 2.24) is 0 Å². The third-order valence-corrected chi connectivity index (χ3v) is 4.78. The van der Waals surface area contributed by atoms with Crippen LogP contribution in [0.25, 0.3) is 0 Å². The molecule has 0 saturated carbocycles. The highest BCUT2D eigenvalue weighted by Crippen LogP contribution is 2.23. The molecule has 0 aromatic heterocycles. The average Bonchev–Trinajstić information content (AvgIpc) is 2.66. The monoisotopic (exact) mass is 384 g/mol. The zero-order valence-corrected chi connectivity index (χ0v) is 17.2. The second kappa shape index (κ2) is 9.49. The fraction of sp³-hybridized carbons (Fsp3) is 0.391. The van der Waals surface area contributed by atoms with Crippen LogP contribution in [0.2, 0.25) is 0 Å². The van der Waals surface area contributed by atoms with Crippen molar-refractivity contribution in [2.75, 3.05) is 10.6 Å². The number of hydrogen-bond acceptors (Lipinski definition) is 2. The Morgan fingerprint density at radius 2 is 1.64 bits per heavy atom. The summed E-state index contributed by atoms with van der Waals surface area (Å²) in [7, 11) is 0. The van der Waals surface area contributed by atoms with Crippen LogP contribution in [0.3, 0.4) is 0 Å². The van der Waals surface area contributed by atoms with E-state index in [1.165, 1.54) is 11.6 Å². The lowest BCUT2D eigenvalue weighted by Crippen LogP contribution is -2.23. The molecule has 0 spiro atoms. The third-order valence-electron chi connectivity index (χ3n) is 4.78. The molecule has 1 unspecified atom stereocenters. The first-order chi connectivity index (χ1) is 13.2. The van der Waals surface area contributed by atoms with Gasteiger partial charge in [-0.1, -0.05) is 45.9 Å². The van der Waals surface area contributed by atoms with E-state index in [-0.39, 0.29) is 24.2 Å². The topological polar surface area (TPSA) is 58.2 Å². The Balaban J connectivity index is 2.05. The molecule has 2 amide bonds. The number of rotatable bonds is 7. The minimum atomic E-state index is -0.420. The van der Waals surface area contributed by atoms with Crippen LogP contribution in [0.15, 0.2) is 36.4 Å². The zero-order chi connectivity index (χ0) is 20.8. The number of anilines is 2. The Hall–Kier alpha value is -2.69. The molecule has 2 aromatic rings. The lowest BCUT2D eigenvalue weighted by molar-refractivity contribution is -0.119. The van der Waals surface area contributed by atoms with Crippen molar-refractivity contribution < 1.29 is 14.0 Å².